The molecule has 0 saturated heterocycles. The Bertz CT molecular complexity index is 1060. The van der Waals surface area contributed by atoms with Gasteiger partial charge in [0, 0.05) is 11.8 Å². The molecule has 1 aliphatic rings. The molecule has 0 saturated carbocycles. The van der Waals surface area contributed by atoms with Crippen LogP contribution in [0.5, 0.6) is 0 Å². The van der Waals surface area contributed by atoms with Gasteiger partial charge in [-0.25, -0.2) is 9.50 Å². The second-order valence-corrected chi connectivity index (χ2v) is 6.79. The number of hydrogen-bond donors (Lipinski definition) is 1. The Hall–Kier alpha value is -2.89. The fourth-order valence-electron chi connectivity index (χ4n) is 3.64. The number of esters is 1. The summed E-state index contributed by atoms with van der Waals surface area (Å²) in [5.74, 6) is -0.451. The van der Waals surface area contributed by atoms with E-state index in [9.17, 15) is 9.59 Å². The highest BCUT2D eigenvalue weighted by molar-refractivity contribution is 5.73. The van der Waals surface area contributed by atoms with Gasteiger partial charge in [0.1, 0.15) is 0 Å². The van der Waals surface area contributed by atoms with Crippen LogP contribution in [-0.4, -0.2) is 27.7 Å². The number of rotatable bonds is 3. The summed E-state index contributed by atoms with van der Waals surface area (Å²) in [6, 6.07) is 8.34. The minimum Gasteiger partial charge on any atom is -0.469 e. The summed E-state index contributed by atoms with van der Waals surface area (Å²) in [4.78, 5) is 28.8. The number of aromatic amines is 1. The van der Waals surface area contributed by atoms with E-state index in [4.69, 9.17) is 0 Å². The van der Waals surface area contributed by atoms with Crippen LogP contribution in [0.1, 0.15) is 35.2 Å². The minimum atomic E-state index is -0.451. The van der Waals surface area contributed by atoms with E-state index in [-0.39, 0.29) is 12.0 Å². The predicted octanol–water partition coefficient (Wildman–Crippen LogP) is 2.59. The van der Waals surface area contributed by atoms with Gasteiger partial charge in [0.2, 0.25) is 0 Å². The van der Waals surface area contributed by atoms with Crippen molar-refractivity contribution in [3.05, 3.63) is 57.0 Å². The maximum Gasteiger partial charge on any atom is 0.310 e. The van der Waals surface area contributed by atoms with Gasteiger partial charge in [0.05, 0.1) is 24.8 Å². The number of methoxy groups -OCH3 is 1. The third-order valence-corrected chi connectivity index (χ3v) is 5.12. The summed E-state index contributed by atoms with van der Waals surface area (Å²) in [6.45, 7) is 1.74. The smallest absolute Gasteiger partial charge is 0.310 e. The van der Waals surface area contributed by atoms with Gasteiger partial charge in [-0.2, -0.15) is 0 Å². The molecule has 0 fully saturated rings. The van der Waals surface area contributed by atoms with E-state index in [2.05, 4.69) is 33.0 Å². The predicted molar refractivity (Wildman–Crippen MR) is 98.3 cm³/mol. The van der Waals surface area contributed by atoms with E-state index in [0.29, 0.717) is 16.9 Å². The molecule has 1 aliphatic carbocycles. The lowest BCUT2D eigenvalue weighted by molar-refractivity contribution is -0.139. The molecular weight excluding hydrogens is 330 g/mol. The summed E-state index contributed by atoms with van der Waals surface area (Å²) >= 11 is 0. The van der Waals surface area contributed by atoms with Gasteiger partial charge in [0.15, 0.2) is 5.65 Å². The highest BCUT2D eigenvalue weighted by Crippen LogP contribution is 2.27. The average Bonchev–Trinajstić information content (AvgIpc) is 3.08. The number of fused-ring (bicyclic) bond motifs is 2. The first-order chi connectivity index (χ1) is 12.6. The van der Waals surface area contributed by atoms with Crippen molar-refractivity contribution in [2.75, 3.05) is 7.11 Å². The molecule has 6 nitrogen and oxygen atoms in total. The molecule has 0 aliphatic heterocycles. The SMILES string of the molecule is COC(=O)Cc1c(C)nc2cc(-c3ccc4c(c3)CCCC4)[nH]n2c1=O. The van der Waals surface area contributed by atoms with Crippen molar-refractivity contribution in [1.29, 1.82) is 0 Å². The second kappa shape index (κ2) is 6.44. The first-order valence-corrected chi connectivity index (χ1v) is 8.87. The lowest BCUT2D eigenvalue weighted by atomic mass is 9.90. The van der Waals surface area contributed by atoms with Crippen molar-refractivity contribution in [2.45, 2.75) is 39.0 Å². The van der Waals surface area contributed by atoms with Crippen LogP contribution in [0.2, 0.25) is 0 Å². The molecule has 1 N–H and O–H groups in total. The molecule has 0 radical (unpaired) electrons. The number of carbonyl (C=O) groups excluding carboxylic acids is 1. The standard InChI is InChI=1S/C20H21N3O3/c1-12-16(10-19(24)26-2)20(25)23-18(21-12)11-17(22-23)15-8-7-13-5-3-4-6-14(13)9-15/h7-9,11,22H,3-6,10H2,1-2H3. The number of hydrogen-bond acceptors (Lipinski definition) is 4. The molecular formula is C20H21N3O3. The Morgan fingerprint density at radius 3 is 2.77 bits per heavy atom. The van der Waals surface area contributed by atoms with Gasteiger partial charge < -0.3 is 4.74 Å². The van der Waals surface area contributed by atoms with Crippen LogP contribution in [0.15, 0.2) is 29.1 Å². The minimum absolute atomic E-state index is 0.0791. The molecule has 4 rings (SSSR count). The van der Waals surface area contributed by atoms with E-state index in [1.54, 1.807) is 6.92 Å². The third-order valence-electron chi connectivity index (χ3n) is 5.12. The zero-order chi connectivity index (χ0) is 18.3. The highest BCUT2D eigenvalue weighted by atomic mass is 16.5. The van der Waals surface area contributed by atoms with Crippen molar-refractivity contribution >= 4 is 11.6 Å². The van der Waals surface area contributed by atoms with Crippen molar-refractivity contribution in [3.63, 3.8) is 0 Å². The Labute approximate surface area is 150 Å². The lowest BCUT2D eigenvalue weighted by Crippen LogP contribution is -2.24. The van der Waals surface area contributed by atoms with Crippen LogP contribution in [0.3, 0.4) is 0 Å². The summed E-state index contributed by atoms with van der Waals surface area (Å²) in [6.07, 6.45) is 4.63. The van der Waals surface area contributed by atoms with Crippen molar-refractivity contribution in [1.82, 2.24) is 14.6 Å². The van der Waals surface area contributed by atoms with Crippen molar-refractivity contribution in [3.8, 4) is 11.3 Å². The molecule has 0 atom stereocenters. The van der Waals surface area contributed by atoms with Gasteiger partial charge in [-0.1, -0.05) is 12.1 Å². The monoisotopic (exact) mass is 351 g/mol. The van der Waals surface area contributed by atoms with E-state index >= 15 is 0 Å². The number of nitrogens with one attached hydrogen (secondary N) is 1. The zero-order valence-electron chi connectivity index (χ0n) is 15.0. The summed E-state index contributed by atoms with van der Waals surface area (Å²) in [5, 5.41) is 3.14. The number of aromatic nitrogens is 3. The molecule has 26 heavy (non-hydrogen) atoms. The fourth-order valence-corrected chi connectivity index (χ4v) is 3.64. The highest BCUT2D eigenvalue weighted by Gasteiger charge is 2.17. The maximum absolute atomic E-state index is 12.8. The van der Waals surface area contributed by atoms with E-state index in [0.717, 1.165) is 24.1 Å². The molecule has 0 bridgehead atoms. The summed E-state index contributed by atoms with van der Waals surface area (Å²) < 4.78 is 6.08. The molecule has 6 heteroatoms. The number of ether oxygens (including phenoxy) is 1. The third kappa shape index (κ3) is 2.81. The topological polar surface area (TPSA) is 76.5 Å². The molecule has 2 heterocycles. The molecule has 0 amide bonds. The molecule has 0 unspecified atom stereocenters. The quantitative estimate of drug-likeness (QED) is 0.736. The summed E-state index contributed by atoms with van der Waals surface area (Å²) in [7, 11) is 1.31. The Morgan fingerprint density at radius 1 is 1.23 bits per heavy atom. The fraction of sp³-hybridized carbons (Fsp3) is 0.350. The molecule has 3 aromatic rings. The second-order valence-electron chi connectivity index (χ2n) is 6.79. The van der Waals surface area contributed by atoms with Crippen molar-refractivity contribution in [2.24, 2.45) is 0 Å². The van der Waals surface area contributed by atoms with Gasteiger partial charge >= 0.3 is 5.97 Å². The first-order valence-electron chi connectivity index (χ1n) is 8.87. The van der Waals surface area contributed by atoms with Crippen LogP contribution < -0.4 is 5.56 Å². The average molecular weight is 351 g/mol. The number of benzene rings is 1. The van der Waals surface area contributed by atoms with Gasteiger partial charge in [-0.15, -0.1) is 0 Å². The molecule has 1 aromatic carbocycles. The Morgan fingerprint density at radius 2 is 2.00 bits per heavy atom. The summed E-state index contributed by atoms with van der Waals surface area (Å²) in [5.41, 5.74) is 5.89. The number of H-pyrrole nitrogens is 1. The number of aryl methyl sites for hydroxylation is 3. The van der Waals surface area contributed by atoms with Crippen LogP contribution in [0, 0.1) is 6.92 Å². The van der Waals surface area contributed by atoms with Crippen molar-refractivity contribution < 1.29 is 9.53 Å². The van der Waals surface area contributed by atoms with Crippen LogP contribution in [0.25, 0.3) is 16.9 Å². The van der Waals surface area contributed by atoms with Crippen LogP contribution in [0.4, 0.5) is 0 Å². The largest absolute Gasteiger partial charge is 0.469 e. The van der Waals surface area contributed by atoms with Gasteiger partial charge in [-0.3, -0.25) is 14.7 Å². The molecule has 2 aromatic heterocycles. The maximum atomic E-state index is 12.8. The van der Waals surface area contributed by atoms with E-state index in [1.807, 2.05) is 6.07 Å². The zero-order valence-corrected chi connectivity index (χ0v) is 15.0. The Balaban J connectivity index is 1.80. The van der Waals surface area contributed by atoms with Crippen LogP contribution in [-0.2, 0) is 28.8 Å². The lowest BCUT2D eigenvalue weighted by Gasteiger charge is -2.16. The van der Waals surface area contributed by atoms with Gasteiger partial charge in [0.25, 0.3) is 5.56 Å². The number of carbonyl (C=O) groups is 1. The Kier molecular flexibility index (Phi) is 4.11. The molecule has 0 spiro atoms. The normalized spacial score (nSPS) is 13.6. The van der Waals surface area contributed by atoms with Crippen LogP contribution >= 0.6 is 0 Å². The number of nitrogens with zero attached hydrogens (tertiary/aromatic N) is 2. The van der Waals surface area contributed by atoms with E-state index in [1.165, 1.54) is 35.6 Å². The molecule has 134 valence electrons. The van der Waals surface area contributed by atoms with E-state index < -0.39 is 5.97 Å². The van der Waals surface area contributed by atoms with Gasteiger partial charge in [-0.05, 0) is 55.4 Å². The first kappa shape index (κ1) is 16.6.